The van der Waals surface area contributed by atoms with Crippen molar-refractivity contribution in [2.75, 3.05) is 36.6 Å². The average Bonchev–Trinajstić information content (AvgIpc) is 3.42. The molecule has 6 rings (SSSR count). The maximum atomic E-state index is 14.1. The van der Waals surface area contributed by atoms with Gasteiger partial charge >= 0.3 is 6.03 Å². The zero-order valence-electron chi connectivity index (χ0n) is 24.6. The van der Waals surface area contributed by atoms with Gasteiger partial charge in [0.25, 0.3) is 0 Å². The highest BCUT2D eigenvalue weighted by Gasteiger charge is 2.19. The molecule has 2 amide bonds. The summed E-state index contributed by atoms with van der Waals surface area (Å²) in [5.74, 6) is -1.31. The van der Waals surface area contributed by atoms with E-state index in [1.54, 1.807) is 24.4 Å². The van der Waals surface area contributed by atoms with Crippen molar-refractivity contribution in [2.24, 2.45) is 0 Å². The summed E-state index contributed by atoms with van der Waals surface area (Å²) in [6, 6.07) is 25.3. The fourth-order valence-electron chi connectivity index (χ4n) is 4.92. The van der Waals surface area contributed by atoms with E-state index < -0.39 is 23.4 Å². The molecule has 0 radical (unpaired) electrons. The lowest BCUT2D eigenvalue weighted by molar-refractivity contribution is 0.262. The first-order valence-electron chi connectivity index (χ1n) is 14.3. The molecule has 0 atom stereocenters. The monoisotopic (exact) mass is 604 g/mol. The van der Waals surface area contributed by atoms with Gasteiger partial charge in [-0.25, -0.2) is 28.5 Å². The number of urea groups is 1. The van der Waals surface area contributed by atoms with E-state index in [1.807, 2.05) is 53.1 Å². The summed E-state index contributed by atoms with van der Waals surface area (Å²) in [5, 5.41) is 8.22. The van der Waals surface area contributed by atoms with Crippen LogP contribution < -0.4 is 16.0 Å². The maximum absolute atomic E-state index is 14.1. The number of nitrogens with one attached hydrogen (secondary N) is 3. The van der Waals surface area contributed by atoms with Crippen LogP contribution in [0.25, 0.3) is 28.3 Å². The molecule has 0 unspecified atom stereocenters. The minimum absolute atomic E-state index is 0.406. The van der Waals surface area contributed by atoms with Gasteiger partial charge in [-0.2, -0.15) is 0 Å². The Morgan fingerprint density at radius 1 is 0.844 bits per heavy atom. The van der Waals surface area contributed by atoms with E-state index in [-0.39, 0.29) is 0 Å². The predicted octanol–water partition coefficient (Wildman–Crippen LogP) is 7.23. The van der Waals surface area contributed by atoms with Crippen LogP contribution in [-0.2, 0) is 6.42 Å². The first-order chi connectivity index (χ1) is 21.8. The molecule has 3 N–H and O–H groups in total. The van der Waals surface area contributed by atoms with Crippen LogP contribution in [0.4, 0.5) is 36.6 Å². The molecule has 0 bridgehead atoms. The largest absolute Gasteiger partial charge is 0.324 e. The number of benzene rings is 3. The zero-order valence-corrected chi connectivity index (χ0v) is 24.6. The number of hydrogen-bond donors (Lipinski definition) is 3. The van der Waals surface area contributed by atoms with Crippen LogP contribution >= 0.6 is 0 Å². The number of pyridine rings is 1. The number of para-hydroxylation sites is 1. The summed E-state index contributed by atoms with van der Waals surface area (Å²) in [6.45, 7) is 0.942. The Morgan fingerprint density at radius 3 is 2.44 bits per heavy atom. The van der Waals surface area contributed by atoms with Crippen molar-refractivity contribution in [3.05, 3.63) is 121 Å². The van der Waals surface area contributed by atoms with Crippen molar-refractivity contribution < 1.29 is 13.6 Å². The van der Waals surface area contributed by atoms with Crippen molar-refractivity contribution in [2.45, 2.75) is 6.42 Å². The number of imidazole rings is 1. The van der Waals surface area contributed by atoms with E-state index in [1.165, 1.54) is 11.6 Å². The summed E-state index contributed by atoms with van der Waals surface area (Å²) in [6.07, 6.45) is 4.52. The van der Waals surface area contributed by atoms with Crippen molar-refractivity contribution in [1.82, 2.24) is 24.3 Å². The Kier molecular flexibility index (Phi) is 8.43. The highest BCUT2D eigenvalue weighted by Crippen LogP contribution is 2.33. The Bertz CT molecular complexity index is 1970. The summed E-state index contributed by atoms with van der Waals surface area (Å²) in [7, 11) is 4.10. The standard InChI is InChI=1S/C34H30F2N8O/c1-43(2)19-16-22-8-5-10-24(20-22)38-33-37-17-15-28(40-33)32-30(41-29-14-3-4-18-44(29)32)23-9-6-11-25(21-23)39-34(45)42-31-26(35)12-7-13-27(31)36/h3-15,17-18,20-21H,16,19H2,1-2H3,(H,37,38,40)(H2,39,42,45). The number of aromatic nitrogens is 4. The SMILES string of the molecule is CN(C)CCc1cccc(Nc2nccc(-c3c(-c4cccc(NC(=O)Nc5c(F)cccc5F)c4)nc4ccccn34)n2)c1. The minimum atomic E-state index is -0.871. The van der Waals surface area contributed by atoms with Gasteiger partial charge in [0.2, 0.25) is 5.95 Å². The van der Waals surface area contributed by atoms with Crippen LogP contribution in [0.5, 0.6) is 0 Å². The van der Waals surface area contributed by atoms with Crippen molar-refractivity contribution >= 4 is 34.7 Å². The molecule has 226 valence electrons. The quantitative estimate of drug-likeness (QED) is 0.161. The molecule has 0 saturated carbocycles. The predicted molar refractivity (Wildman–Crippen MR) is 173 cm³/mol. The number of fused-ring (bicyclic) bond motifs is 1. The second-order valence-electron chi connectivity index (χ2n) is 10.6. The van der Waals surface area contributed by atoms with Gasteiger partial charge in [0.1, 0.15) is 23.0 Å². The highest BCUT2D eigenvalue weighted by atomic mass is 19.1. The molecule has 11 heteroatoms. The second-order valence-corrected chi connectivity index (χ2v) is 10.6. The molecule has 6 aromatic rings. The molecule has 0 spiro atoms. The summed E-state index contributed by atoms with van der Waals surface area (Å²) < 4.78 is 30.1. The summed E-state index contributed by atoms with van der Waals surface area (Å²) in [4.78, 5) is 29.0. The van der Waals surface area contributed by atoms with E-state index in [0.29, 0.717) is 34.2 Å². The van der Waals surface area contributed by atoms with Crippen LogP contribution in [0.3, 0.4) is 0 Å². The van der Waals surface area contributed by atoms with Crippen LogP contribution in [0.1, 0.15) is 5.56 Å². The molecule has 3 aromatic heterocycles. The zero-order chi connectivity index (χ0) is 31.3. The smallest absolute Gasteiger partial charge is 0.323 e. The molecule has 45 heavy (non-hydrogen) atoms. The lowest BCUT2D eigenvalue weighted by Gasteiger charge is -2.12. The number of halogens is 2. The van der Waals surface area contributed by atoms with E-state index in [0.717, 1.165) is 36.5 Å². The van der Waals surface area contributed by atoms with Gasteiger partial charge in [0.05, 0.1) is 17.1 Å². The number of rotatable bonds is 9. The summed E-state index contributed by atoms with van der Waals surface area (Å²) >= 11 is 0. The fraction of sp³-hybridized carbons (Fsp3) is 0.118. The van der Waals surface area contributed by atoms with Gasteiger partial charge in [-0.1, -0.05) is 36.4 Å². The number of nitrogens with zero attached hydrogens (tertiary/aromatic N) is 5. The fourth-order valence-corrected chi connectivity index (χ4v) is 4.92. The van der Waals surface area contributed by atoms with Crippen molar-refractivity contribution in [1.29, 1.82) is 0 Å². The molecule has 9 nitrogen and oxygen atoms in total. The number of anilines is 4. The van der Waals surface area contributed by atoms with Gasteiger partial charge in [-0.05, 0) is 80.7 Å². The van der Waals surface area contributed by atoms with Gasteiger partial charge in [0.15, 0.2) is 0 Å². The van der Waals surface area contributed by atoms with Crippen LogP contribution in [0, 0.1) is 11.6 Å². The van der Waals surface area contributed by atoms with Crippen LogP contribution in [-0.4, -0.2) is 50.9 Å². The molecule has 3 heterocycles. The van der Waals surface area contributed by atoms with Gasteiger partial charge in [-0.3, -0.25) is 4.40 Å². The number of amides is 2. The Balaban J connectivity index is 1.30. The maximum Gasteiger partial charge on any atom is 0.323 e. The average molecular weight is 605 g/mol. The van der Waals surface area contributed by atoms with Crippen molar-refractivity contribution in [3.63, 3.8) is 0 Å². The lowest BCUT2D eigenvalue weighted by Crippen LogP contribution is -2.21. The molecular formula is C34H30F2N8O. The van der Waals surface area contributed by atoms with E-state index >= 15 is 0 Å². The van der Waals surface area contributed by atoms with Crippen LogP contribution in [0.2, 0.25) is 0 Å². The molecule has 3 aromatic carbocycles. The third-order valence-corrected chi connectivity index (χ3v) is 7.05. The molecule has 0 aliphatic rings. The van der Waals surface area contributed by atoms with E-state index in [2.05, 4.69) is 52.1 Å². The minimum Gasteiger partial charge on any atom is -0.324 e. The number of hydrogen-bond acceptors (Lipinski definition) is 6. The van der Waals surface area contributed by atoms with Gasteiger partial charge in [0, 0.05) is 35.9 Å². The number of carbonyl (C=O) groups excluding carboxylic acids is 1. The van der Waals surface area contributed by atoms with E-state index in [9.17, 15) is 13.6 Å². The Labute approximate surface area is 258 Å². The first kappa shape index (κ1) is 29.4. The Hall–Kier alpha value is -5.68. The highest BCUT2D eigenvalue weighted by molar-refractivity contribution is 6.00. The first-order valence-corrected chi connectivity index (χ1v) is 14.3. The van der Waals surface area contributed by atoms with E-state index in [4.69, 9.17) is 9.97 Å². The normalized spacial score (nSPS) is 11.1. The van der Waals surface area contributed by atoms with Gasteiger partial charge < -0.3 is 20.9 Å². The lowest BCUT2D eigenvalue weighted by atomic mass is 10.1. The third kappa shape index (κ3) is 6.78. The molecule has 0 fully saturated rings. The Morgan fingerprint density at radius 2 is 1.62 bits per heavy atom. The molecule has 0 aliphatic heterocycles. The number of carbonyl (C=O) groups is 1. The third-order valence-electron chi connectivity index (χ3n) is 7.05. The molecule has 0 saturated heterocycles. The van der Waals surface area contributed by atoms with Crippen molar-refractivity contribution in [3.8, 4) is 22.6 Å². The molecular weight excluding hydrogens is 574 g/mol. The number of likely N-dealkylation sites (N-methyl/N-ethyl adjacent to an activating group) is 1. The van der Waals surface area contributed by atoms with Gasteiger partial charge in [-0.15, -0.1) is 0 Å². The van der Waals surface area contributed by atoms with Crippen LogP contribution in [0.15, 0.2) is 103 Å². The molecule has 0 aliphatic carbocycles. The topological polar surface area (TPSA) is 99.5 Å². The second kappa shape index (κ2) is 12.9. The summed E-state index contributed by atoms with van der Waals surface area (Å²) in [5.41, 5.74) is 5.36.